The Morgan fingerprint density at radius 1 is 0.974 bits per heavy atom. The van der Waals surface area contributed by atoms with Crippen molar-refractivity contribution in [3.8, 4) is 11.1 Å². The first-order chi connectivity index (χ1) is 18.6. The van der Waals surface area contributed by atoms with Crippen molar-refractivity contribution >= 4 is 11.6 Å². The molecule has 2 aliphatic rings. The van der Waals surface area contributed by atoms with Crippen molar-refractivity contribution in [3.63, 3.8) is 0 Å². The Balaban J connectivity index is 1.68. The average molecular weight is 527 g/mol. The first-order valence-corrected chi connectivity index (χ1v) is 14.4. The monoisotopic (exact) mass is 526 g/mol. The second-order valence-electron chi connectivity index (χ2n) is 11.5. The van der Waals surface area contributed by atoms with Crippen LogP contribution in [0.4, 0.5) is 5.69 Å². The van der Waals surface area contributed by atoms with Gasteiger partial charge in [0.25, 0.3) is 5.91 Å². The molecule has 0 radical (unpaired) electrons. The first kappa shape index (κ1) is 28.7. The van der Waals surface area contributed by atoms with E-state index in [4.69, 9.17) is 0 Å². The molecular weight excluding hydrogens is 480 g/mol. The molecule has 1 fully saturated rings. The van der Waals surface area contributed by atoms with Crippen molar-refractivity contribution in [1.82, 2.24) is 15.5 Å². The highest BCUT2D eigenvalue weighted by atomic mass is 16.1. The molecule has 4 rings (SSSR count). The van der Waals surface area contributed by atoms with E-state index < -0.39 is 0 Å². The average Bonchev–Trinajstić information content (AvgIpc) is 2.90. The minimum absolute atomic E-state index is 0.0468. The first-order valence-electron chi connectivity index (χ1n) is 14.4. The van der Waals surface area contributed by atoms with E-state index in [1.807, 2.05) is 6.92 Å². The number of aryl methyl sites for hydroxylation is 1. The number of nitrogens with zero attached hydrogens (tertiary/aromatic N) is 2. The number of benzene rings is 2. The van der Waals surface area contributed by atoms with Crippen LogP contribution in [0.25, 0.3) is 11.1 Å². The third-order valence-corrected chi connectivity index (χ3v) is 8.54. The number of carbonyl (C=O) groups is 1. The largest absolute Gasteiger partial charge is 0.369 e. The van der Waals surface area contributed by atoms with Gasteiger partial charge in [-0.25, -0.2) is 0 Å². The molecule has 1 heterocycles. The topological polar surface area (TPSA) is 47.6 Å². The van der Waals surface area contributed by atoms with Gasteiger partial charge in [-0.2, -0.15) is 0 Å². The molecule has 0 saturated heterocycles. The predicted octanol–water partition coefficient (Wildman–Crippen LogP) is 6.74. The summed E-state index contributed by atoms with van der Waals surface area (Å²) in [6.45, 7) is 16.1. The standard InChI is InChI=1S/C34H46N4O/c1-9-38(30-16-14-29(15-17-30)37(7)8)33-20-28(27-12-10-22(2)11-13-27)19-31(25(33)5)34(39)35-21-32-23(3)18-24(4)36-26(32)6/h10-13,18-20,29-30,36H,6,9,14-17,21H2,1-5,7-8H3,(H,35,39). The second kappa shape index (κ2) is 12.3. The summed E-state index contributed by atoms with van der Waals surface area (Å²) in [5.41, 5.74) is 10.5. The van der Waals surface area contributed by atoms with Crippen molar-refractivity contribution in [1.29, 1.82) is 0 Å². The van der Waals surface area contributed by atoms with Gasteiger partial charge in [0.05, 0.1) is 0 Å². The van der Waals surface area contributed by atoms with Crippen LogP contribution in [0.3, 0.4) is 0 Å². The fourth-order valence-corrected chi connectivity index (χ4v) is 6.17. The van der Waals surface area contributed by atoms with Gasteiger partial charge in [0.2, 0.25) is 0 Å². The molecule has 5 heteroatoms. The Morgan fingerprint density at radius 2 is 1.62 bits per heavy atom. The Morgan fingerprint density at radius 3 is 2.21 bits per heavy atom. The molecule has 1 aliphatic carbocycles. The summed E-state index contributed by atoms with van der Waals surface area (Å²) in [6, 6.07) is 14.1. The second-order valence-corrected chi connectivity index (χ2v) is 11.5. The van der Waals surface area contributed by atoms with Crippen molar-refractivity contribution in [2.75, 3.05) is 32.1 Å². The maximum atomic E-state index is 13.8. The van der Waals surface area contributed by atoms with Gasteiger partial charge in [-0.1, -0.05) is 36.4 Å². The van der Waals surface area contributed by atoms with E-state index >= 15 is 0 Å². The molecule has 1 aliphatic heterocycles. The molecule has 2 aromatic carbocycles. The van der Waals surface area contributed by atoms with Gasteiger partial charge in [-0.05, 0) is 120 Å². The lowest BCUT2D eigenvalue weighted by molar-refractivity contribution is 0.0956. The van der Waals surface area contributed by atoms with Crippen LogP contribution < -0.4 is 15.5 Å². The van der Waals surface area contributed by atoms with Gasteiger partial charge in [-0.15, -0.1) is 0 Å². The van der Waals surface area contributed by atoms with Crippen LogP contribution in [0.5, 0.6) is 0 Å². The van der Waals surface area contributed by atoms with Crippen LogP contribution in [0.1, 0.15) is 67.9 Å². The van der Waals surface area contributed by atoms with Crippen LogP contribution in [0.15, 0.2) is 71.6 Å². The number of rotatable bonds is 8. The molecule has 0 spiro atoms. The molecular formula is C34H46N4O. The van der Waals surface area contributed by atoms with Gasteiger partial charge < -0.3 is 20.4 Å². The Kier molecular flexibility index (Phi) is 9.01. The number of anilines is 1. The minimum Gasteiger partial charge on any atom is -0.369 e. The van der Waals surface area contributed by atoms with Crippen LogP contribution in [-0.4, -0.2) is 50.1 Å². The third kappa shape index (κ3) is 6.47. The summed E-state index contributed by atoms with van der Waals surface area (Å²) in [5, 5.41) is 6.50. The molecule has 39 heavy (non-hydrogen) atoms. The van der Waals surface area contributed by atoms with Crippen molar-refractivity contribution in [2.24, 2.45) is 0 Å². The molecule has 208 valence electrons. The summed E-state index contributed by atoms with van der Waals surface area (Å²) in [7, 11) is 4.38. The number of hydrogen-bond donors (Lipinski definition) is 2. The number of nitrogens with one attached hydrogen (secondary N) is 2. The highest BCUT2D eigenvalue weighted by molar-refractivity contribution is 5.99. The maximum absolute atomic E-state index is 13.8. The van der Waals surface area contributed by atoms with E-state index in [1.54, 1.807) is 0 Å². The molecule has 1 saturated carbocycles. The van der Waals surface area contributed by atoms with E-state index in [0.717, 1.165) is 51.3 Å². The zero-order valence-electron chi connectivity index (χ0n) is 24.9. The van der Waals surface area contributed by atoms with Gasteiger partial charge >= 0.3 is 0 Å². The molecule has 2 N–H and O–H groups in total. The van der Waals surface area contributed by atoms with Gasteiger partial charge in [0, 0.05) is 47.8 Å². The molecule has 1 amide bonds. The van der Waals surface area contributed by atoms with E-state index in [1.165, 1.54) is 36.9 Å². The van der Waals surface area contributed by atoms with Crippen LogP contribution in [0.2, 0.25) is 0 Å². The quantitative estimate of drug-likeness (QED) is 0.400. The lowest BCUT2D eigenvalue weighted by Crippen LogP contribution is -2.42. The number of hydrogen-bond acceptors (Lipinski definition) is 4. The predicted molar refractivity (Wildman–Crippen MR) is 165 cm³/mol. The van der Waals surface area contributed by atoms with Crippen molar-refractivity contribution in [3.05, 3.63) is 88.3 Å². The van der Waals surface area contributed by atoms with E-state index in [9.17, 15) is 4.79 Å². The van der Waals surface area contributed by atoms with Crippen molar-refractivity contribution < 1.29 is 4.79 Å². The zero-order valence-corrected chi connectivity index (χ0v) is 24.9. The fourth-order valence-electron chi connectivity index (χ4n) is 6.17. The summed E-state index contributed by atoms with van der Waals surface area (Å²) < 4.78 is 0. The maximum Gasteiger partial charge on any atom is 0.251 e. The summed E-state index contributed by atoms with van der Waals surface area (Å²) in [6.07, 6.45) is 6.85. The van der Waals surface area contributed by atoms with Crippen molar-refractivity contribution in [2.45, 2.75) is 72.4 Å². The lowest BCUT2D eigenvalue weighted by Gasteiger charge is -2.40. The number of amides is 1. The normalized spacial score (nSPS) is 19.6. The number of dihydropyridines is 1. The Labute approximate surface area is 235 Å². The smallest absolute Gasteiger partial charge is 0.251 e. The van der Waals surface area contributed by atoms with E-state index in [2.05, 4.69) is 111 Å². The zero-order chi connectivity index (χ0) is 28.3. The van der Waals surface area contributed by atoms with Crippen LogP contribution in [0, 0.1) is 13.8 Å². The van der Waals surface area contributed by atoms with Crippen LogP contribution in [-0.2, 0) is 0 Å². The van der Waals surface area contributed by atoms with Crippen LogP contribution >= 0.6 is 0 Å². The van der Waals surface area contributed by atoms with Gasteiger partial charge in [-0.3, -0.25) is 4.79 Å². The molecule has 0 unspecified atom stereocenters. The highest BCUT2D eigenvalue weighted by Gasteiger charge is 2.28. The molecule has 0 bridgehead atoms. The van der Waals surface area contributed by atoms with E-state index in [0.29, 0.717) is 18.6 Å². The fraction of sp³-hybridized carbons (Fsp3) is 0.441. The van der Waals surface area contributed by atoms with E-state index in [-0.39, 0.29) is 5.91 Å². The highest BCUT2D eigenvalue weighted by Crippen LogP contribution is 2.36. The lowest BCUT2D eigenvalue weighted by atomic mass is 9.88. The summed E-state index contributed by atoms with van der Waals surface area (Å²) in [4.78, 5) is 18.7. The molecule has 5 nitrogen and oxygen atoms in total. The minimum atomic E-state index is -0.0468. The number of allylic oxidation sites excluding steroid dienone is 3. The SMILES string of the molecule is C=C1NC(C)=CC(C)=C1CNC(=O)c1cc(-c2ccc(C)cc2)cc(N(CC)C2CCC(N(C)C)CC2)c1C. The Bertz CT molecular complexity index is 1280. The molecule has 2 aromatic rings. The summed E-state index contributed by atoms with van der Waals surface area (Å²) in [5.74, 6) is -0.0468. The molecule has 0 aromatic heterocycles. The molecule has 0 atom stereocenters. The third-order valence-electron chi connectivity index (χ3n) is 8.54. The Hall–Kier alpha value is -3.31. The number of carbonyl (C=O) groups excluding carboxylic acids is 1. The van der Waals surface area contributed by atoms with Gasteiger partial charge in [0.1, 0.15) is 0 Å². The van der Waals surface area contributed by atoms with Gasteiger partial charge in [0.15, 0.2) is 0 Å². The summed E-state index contributed by atoms with van der Waals surface area (Å²) >= 11 is 0.